The van der Waals surface area contributed by atoms with Gasteiger partial charge in [-0.25, -0.2) is 0 Å². The number of rotatable bonds is 2. The summed E-state index contributed by atoms with van der Waals surface area (Å²) in [7, 11) is 0. The normalized spacial score (nSPS) is 15.3. The van der Waals surface area contributed by atoms with Crippen LogP contribution in [0.5, 0.6) is 0 Å². The van der Waals surface area contributed by atoms with Crippen LogP contribution in [0.15, 0.2) is 24.3 Å². The Morgan fingerprint density at radius 1 is 1.41 bits per heavy atom. The van der Waals surface area contributed by atoms with E-state index >= 15 is 0 Å². The molecule has 1 aliphatic heterocycles. The first kappa shape index (κ1) is 11.6. The number of hydrogen-bond donors (Lipinski definition) is 1. The number of nitrogens with two attached hydrogens (primary N) is 1. The van der Waals surface area contributed by atoms with Crippen molar-refractivity contribution >= 4 is 5.91 Å². The molecule has 4 heteroatoms. The first-order chi connectivity index (χ1) is 8.25. The average Bonchev–Trinajstić information content (AvgIpc) is 2.82. The minimum absolute atomic E-state index is 0.0701. The van der Waals surface area contributed by atoms with Crippen molar-refractivity contribution in [2.45, 2.75) is 12.7 Å². The fraction of sp³-hybridized carbons (Fsp3) is 0.308. The highest BCUT2D eigenvalue weighted by Crippen LogP contribution is 2.23. The number of carbonyl (C=O) groups is 1. The van der Waals surface area contributed by atoms with Crippen LogP contribution in [0.4, 0.5) is 0 Å². The maximum atomic E-state index is 10.5. The summed E-state index contributed by atoms with van der Waals surface area (Å²) in [6.07, 6.45) is -0.228. The first-order valence-corrected chi connectivity index (χ1v) is 5.36. The van der Waals surface area contributed by atoms with Crippen LogP contribution in [0.25, 0.3) is 0 Å². The summed E-state index contributed by atoms with van der Waals surface area (Å²) in [6.45, 7) is 1.23. The molecule has 0 spiro atoms. The molecule has 0 saturated carbocycles. The molecule has 88 valence electrons. The minimum Gasteiger partial charge on any atom is -0.369 e. The summed E-state index contributed by atoms with van der Waals surface area (Å²) >= 11 is 0. The van der Waals surface area contributed by atoms with Crippen LogP contribution in [0.2, 0.25) is 0 Å². The summed E-state index contributed by atoms with van der Waals surface area (Å²) in [5.41, 5.74) is 6.77. The largest absolute Gasteiger partial charge is 0.369 e. The topological polar surface area (TPSA) is 61.6 Å². The Morgan fingerprint density at radius 3 is 2.88 bits per heavy atom. The van der Waals surface area contributed by atoms with E-state index in [0.29, 0.717) is 13.2 Å². The molecule has 0 bridgehead atoms. The molecule has 0 atom stereocenters. The molecule has 2 rings (SSSR count). The predicted octanol–water partition coefficient (Wildman–Crippen LogP) is 0.959. The zero-order valence-electron chi connectivity index (χ0n) is 9.31. The molecule has 4 nitrogen and oxygen atoms in total. The maximum absolute atomic E-state index is 10.5. The molecule has 1 amide bonds. The first-order valence-electron chi connectivity index (χ1n) is 5.36. The molecular formula is C13H13NO3. The number of hydrogen-bond acceptors (Lipinski definition) is 3. The van der Waals surface area contributed by atoms with Gasteiger partial charge in [0.05, 0.1) is 19.6 Å². The third-order valence-electron chi connectivity index (χ3n) is 2.28. The van der Waals surface area contributed by atoms with E-state index in [4.69, 9.17) is 15.2 Å². The third-order valence-corrected chi connectivity index (χ3v) is 2.28. The highest BCUT2D eigenvalue weighted by Gasteiger charge is 2.17. The number of amides is 1. The van der Waals surface area contributed by atoms with Crippen molar-refractivity contribution in [1.29, 1.82) is 0 Å². The summed E-state index contributed by atoms with van der Waals surface area (Å²) < 4.78 is 10.8. The molecule has 1 aliphatic rings. The Morgan fingerprint density at radius 2 is 2.18 bits per heavy atom. The van der Waals surface area contributed by atoms with E-state index in [9.17, 15) is 4.79 Å². The van der Waals surface area contributed by atoms with Crippen molar-refractivity contribution in [2.75, 3.05) is 13.2 Å². The number of ether oxygens (including phenoxy) is 2. The molecule has 0 aliphatic carbocycles. The lowest BCUT2D eigenvalue weighted by atomic mass is 10.1. The Balaban J connectivity index is 2.10. The molecule has 0 aromatic heterocycles. The molecule has 1 saturated heterocycles. The van der Waals surface area contributed by atoms with E-state index in [-0.39, 0.29) is 12.7 Å². The second-order valence-corrected chi connectivity index (χ2v) is 3.64. The fourth-order valence-corrected chi connectivity index (χ4v) is 1.55. The van der Waals surface area contributed by atoms with Crippen molar-refractivity contribution in [3.63, 3.8) is 0 Å². The highest BCUT2D eigenvalue weighted by atomic mass is 16.7. The van der Waals surface area contributed by atoms with Gasteiger partial charge in [-0.3, -0.25) is 4.79 Å². The van der Waals surface area contributed by atoms with E-state index in [1.165, 1.54) is 0 Å². The van der Waals surface area contributed by atoms with Crippen LogP contribution in [0.3, 0.4) is 0 Å². The molecule has 17 heavy (non-hydrogen) atoms. The van der Waals surface area contributed by atoms with Gasteiger partial charge in [0, 0.05) is 11.1 Å². The van der Waals surface area contributed by atoms with E-state index in [0.717, 1.165) is 11.1 Å². The molecule has 0 unspecified atom stereocenters. The average molecular weight is 231 g/mol. The Kier molecular flexibility index (Phi) is 3.76. The van der Waals surface area contributed by atoms with E-state index in [2.05, 4.69) is 11.8 Å². The van der Waals surface area contributed by atoms with Crippen LogP contribution < -0.4 is 5.73 Å². The third kappa shape index (κ3) is 3.31. The minimum atomic E-state index is -0.420. The smallest absolute Gasteiger partial charge is 0.229 e. The van der Waals surface area contributed by atoms with Gasteiger partial charge in [-0.2, -0.15) is 0 Å². The summed E-state index contributed by atoms with van der Waals surface area (Å²) in [5, 5.41) is 0. The molecule has 1 heterocycles. The Hall–Kier alpha value is -1.83. The van der Waals surface area contributed by atoms with Gasteiger partial charge in [0.2, 0.25) is 5.91 Å². The van der Waals surface area contributed by atoms with Crippen LogP contribution in [0.1, 0.15) is 23.8 Å². The van der Waals surface area contributed by atoms with Crippen LogP contribution >= 0.6 is 0 Å². The molecule has 1 aromatic carbocycles. The van der Waals surface area contributed by atoms with Gasteiger partial charge >= 0.3 is 0 Å². The fourth-order valence-electron chi connectivity index (χ4n) is 1.55. The number of primary amides is 1. The lowest BCUT2D eigenvalue weighted by molar-refractivity contribution is -0.117. The highest BCUT2D eigenvalue weighted by molar-refractivity contribution is 5.76. The number of benzene rings is 1. The van der Waals surface area contributed by atoms with Gasteiger partial charge in [-0.1, -0.05) is 24.0 Å². The molecule has 1 aromatic rings. The van der Waals surface area contributed by atoms with Crippen molar-refractivity contribution in [3.8, 4) is 11.8 Å². The summed E-state index contributed by atoms with van der Waals surface area (Å²) in [6, 6.07) is 7.57. The summed E-state index contributed by atoms with van der Waals surface area (Å²) in [4.78, 5) is 10.5. The van der Waals surface area contributed by atoms with Gasteiger partial charge in [0.1, 0.15) is 0 Å². The quantitative estimate of drug-likeness (QED) is 0.771. The van der Waals surface area contributed by atoms with Crippen molar-refractivity contribution in [2.24, 2.45) is 5.73 Å². The van der Waals surface area contributed by atoms with E-state index in [1.807, 2.05) is 24.3 Å². The maximum Gasteiger partial charge on any atom is 0.229 e. The second kappa shape index (κ2) is 5.48. The van der Waals surface area contributed by atoms with Crippen LogP contribution in [-0.4, -0.2) is 19.1 Å². The van der Waals surface area contributed by atoms with Gasteiger partial charge in [-0.15, -0.1) is 0 Å². The molecule has 2 N–H and O–H groups in total. The predicted molar refractivity (Wildman–Crippen MR) is 61.8 cm³/mol. The van der Waals surface area contributed by atoms with E-state index in [1.54, 1.807) is 0 Å². The van der Waals surface area contributed by atoms with Gasteiger partial charge in [-0.05, 0) is 12.1 Å². The lowest BCUT2D eigenvalue weighted by Crippen LogP contribution is -2.08. The van der Waals surface area contributed by atoms with Gasteiger partial charge in [0.25, 0.3) is 0 Å². The van der Waals surface area contributed by atoms with Gasteiger partial charge in [0.15, 0.2) is 6.29 Å². The monoisotopic (exact) mass is 231 g/mol. The molecule has 0 radical (unpaired) electrons. The Bertz CT molecular complexity index is 467. The summed E-state index contributed by atoms with van der Waals surface area (Å²) in [5.74, 6) is 5.17. The Labute approximate surface area is 99.7 Å². The zero-order chi connectivity index (χ0) is 12.1. The molecular weight excluding hydrogens is 218 g/mol. The lowest BCUT2D eigenvalue weighted by Gasteiger charge is -2.08. The van der Waals surface area contributed by atoms with Gasteiger partial charge < -0.3 is 15.2 Å². The molecule has 1 fully saturated rings. The SMILES string of the molecule is NC(=O)CC#Cc1cccc(C2OCCO2)c1. The second-order valence-electron chi connectivity index (χ2n) is 3.64. The van der Waals surface area contributed by atoms with Crippen molar-refractivity contribution in [3.05, 3.63) is 35.4 Å². The van der Waals surface area contributed by atoms with Crippen molar-refractivity contribution < 1.29 is 14.3 Å². The van der Waals surface area contributed by atoms with Crippen LogP contribution in [0, 0.1) is 11.8 Å². The van der Waals surface area contributed by atoms with Crippen LogP contribution in [-0.2, 0) is 14.3 Å². The number of carbonyl (C=O) groups excluding carboxylic acids is 1. The van der Waals surface area contributed by atoms with Crippen molar-refractivity contribution in [1.82, 2.24) is 0 Å². The van der Waals surface area contributed by atoms with E-state index < -0.39 is 5.91 Å². The standard InChI is InChI=1S/C13H13NO3/c14-12(15)6-2-4-10-3-1-5-11(9-10)13-16-7-8-17-13/h1,3,5,9,13H,6-8H2,(H2,14,15). The zero-order valence-corrected chi connectivity index (χ0v) is 9.31.